The molecule has 32 heavy (non-hydrogen) atoms. The fourth-order valence-electron chi connectivity index (χ4n) is 3.82. The standard InChI is InChI=1S/C25H20F2N2O3/c1-3-28(17-9-5-4-6-10-17)23-22(18-11-7-8-12-21(18)32-2)24(30)29(25(23)31)20-14-13-16(26)15-19(20)27/h4-15H,3H2,1-2H3. The molecule has 0 N–H and O–H groups in total. The van der Waals surface area contributed by atoms with Gasteiger partial charge in [-0.2, -0.15) is 0 Å². The molecule has 0 spiro atoms. The van der Waals surface area contributed by atoms with E-state index >= 15 is 0 Å². The molecule has 1 heterocycles. The van der Waals surface area contributed by atoms with E-state index < -0.39 is 23.4 Å². The number of likely N-dealkylation sites (N-methyl/N-ethyl adjacent to an activating group) is 1. The molecule has 0 atom stereocenters. The van der Waals surface area contributed by atoms with Crippen LogP contribution in [0.2, 0.25) is 0 Å². The number of methoxy groups -OCH3 is 1. The van der Waals surface area contributed by atoms with Crippen molar-refractivity contribution in [2.45, 2.75) is 6.92 Å². The van der Waals surface area contributed by atoms with Crippen molar-refractivity contribution in [2.75, 3.05) is 23.5 Å². The molecule has 1 aliphatic heterocycles. The highest BCUT2D eigenvalue weighted by Gasteiger charge is 2.44. The molecule has 0 saturated heterocycles. The highest BCUT2D eigenvalue weighted by atomic mass is 19.1. The van der Waals surface area contributed by atoms with Crippen LogP contribution >= 0.6 is 0 Å². The van der Waals surface area contributed by atoms with Crippen LogP contribution in [-0.4, -0.2) is 25.5 Å². The number of benzene rings is 3. The number of carbonyl (C=O) groups excluding carboxylic acids is 2. The summed E-state index contributed by atoms with van der Waals surface area (Å²) < 4.78 is 33.5. The second-order valence-corrected chi connectivity index (χ2v) is 7.05. The highest BCUT2D eigenvalue weighted by Crippen LogP contribution is 2.40. The summed E-state index contributed by atoms with van der Waals surface area (Å²) in [6, 6.07) is 18.7. The number of hydrogen-bond acceptors (Lipinski definition) is 4. The quantitative estimate of drug-likeness (QED) is 0.524. The number of carbonyl (C=O) groups is 2. The zero-order chi connectivity index (χ0) is 22.8. The minimum Gasteiger partial charge on any atom is -0.496 e. The normalized spacial score (nSPS) is 13.7. The van der Waals surface area contributed by atoms with Gasteiger partial charge in [0.25, 0.3) is 11.8 Å². The number of halogens is 2. The van der Waals surface area contributed by atoms with Gasteiger partial charge in [0.1, 0.15) is 23.1 Å². The number of hydrogen-bond donors (Lipinski definition) is 0. The second kappa shape index (κ2) is 8.63. The molecule has 3 aromatic rings. The maximum Gasteiger partial charge on any atom is 0.282 e. The summed E-state index contributed by atoms with van der Waals surface area (Å²) in [5.74, 6) is -2.83. The van der Waals surface area contributed by atoms with Crippen LogP contribution in [0.25, 0.3) is 5.57 Å². The monoisotopic (exact) mass is 434 g/mol. The number of anilines is 2. The lowest BCUT2D eigenvalue weighted by Gasteiger charge is -2.25. The fourth-order valence-corrected chi connectivity index (χ4v) is 3.82. The Morgan fingerprint density at radius 2 is 1.59 bits per heavy atom. The van der Waals surface area contributed by atoms with Gasteiger partial charge < -0.3 is 9.64 Å². The minimum atomic E-state index is -1.00. The van der Waals surface area contributed by atoms with E-state index in [-0.39, 0.29) is 17.0 Å². The van der Waals surface area contributed by atoms with Gasteiger partial charge in [0.15, 0.2) is 0 Å². The summed E-state index contributed by atoms with van der Waals surface area (Å²) in [5.41, 5.74) is 0.967. The Balaban J connectivity index is 1.96. The van der Waals surface area contributed by atoms with E-state index in [1.807, 2.05) is 37.3 Å². The lowest BCUT2D eigenvalue weighted by Crippen LogP contribution is -2.36. The first kappa shape index (κ1) is 21.2. The molecular formula is C25H20F2N2O3. The third-order valence-corrected chi connectivity index (χ3v) is 5.24. The van der Waals surface area contributed by atoms with E-state index in [0.29, 0.717) is 29.6 Å². The van der Waals surface area contributed by atoms with Gasteiger partial charge in [0.05, 0.1) is 18.4 Å². The number of ether oxygens (including phenoxy) is 1. The highest BCUT2D eigenvalue weighted by molar-refractivity contribution is 6.46. The van der Waals surface area contributed by atoms with Gasteiger partial charge in [-0.25, -0.2) is 13.7 Å². The van der Waals surface area contributed by atoms with Crippen molar-refractivity contribution in [3.8, 4) is 5.75 Å². The largest absolute Gasteiger partial charge is 0.496 e. The number of nitrogens with zero attached hydrogens (tertiary/aromatic N) is 2. The summed E-state index contributed by atoms with van der Waals surface area (Å²) in [6.07, 6.45) is 0. The van der Waals surface area contributed by atoms with Crippen molar-refractivity contribution < 1.29 is 23.1 Å². The minimum absolute atomic E-state index is 0.0851. The number of rotatable bonds is 6. The molecule has 1 aliphatic rings. The van der Waals surface area contributed by atoms with Crippen LogP contribution in [-0.2, 0) is 9.59 Å². The van der Waals surface area contributed by atoms with Crippen molar-refractivity contribution in [3.63, 3.8) is 0 Å². The molecule has 0 radical (unpaired) electrons. The van der Waals surface area contributed by atoms with Crippen molar-refractivity contribution >= 4 is 28.8 Å². The van der Waals surface area contributed by atoms with Gasteiger partial charge in [-0.15, -0.1) is 0 Å². The molecule has 0 aromatic heterocycles. The molecule has 5 nitrogen and oxygen atoms in total. The number of amides is 2. The fraction of sp³-hybridized carbons (Fsp3) is 0.120. The summed E-state index contributed by atoms with van der Waals surface area (Å²) in [7, 11) is 1.46. The Hall–Kier alpha value is -4.00. The van der Waals surface area contributed by atoms with E-state index in [1.165, 1.54) is 7.11 Å². The molecule has 4 rings (SSSR count). The first-order valence-electron chi connectivity index (χ1n) is 10.0. The smallest absolute Gasteiger partial charge is 0.282 e. The Kier molecular flexibility index (Phi) is 5.73. The molecule has 2 amide bonds. The van der Waals surface area contributed by atoms with Crippen molar-refractivity contribution in [1.29, 1.82) is 0 Å². The molecule has 0 unspecified atom stereocenters. The van der Waals surface area contributed by atoms with E-state index in [1.54, 1.807) is 29.2 Å². The van der Waals surface area contributed by atoms with Crippen LogP contribution in [0, 0.1) is 11.6 Å². The van der Waals surface area contributed by atoms with Crippen LogP contribution in [0.3, 0.4) is 0 Å². The molecule has 162 valence electrons. The average Bonchev–Trinajstić information content (AvgIpc) is 3.05. The lowest BCUT2D eigenvalue weighted by molar-refractivity contribution is -0.120. The molecule has 0 aliphatic carbocycles. The summed E-state index contributed by atoms with van der Waals surface area (Å²) in [6.45, 7) is 2.22. The third-order valence-electron chi connectivity index (χ3n) is 5.24. The van der Waals surface area contributed by atoms with Crippen LogP contribution in [0.4, 0.5) is 20.2 Å². The van der Waals surface area contributed by atoms with E-state index in [0.717, 1.165) is 17.0 Å². The molecule has 0 saturated carbocycles. The van der Waals surface area contributed by atoms with Crippen LogP contribution in [0.5, 0.6) is 5.75 Å². The Bertz CT molecular complexity index is 1220. The van der Waals surface area contributed by atoms with E-state index in [4.69, 9.17) is 4.74 Å². The van der Waals surface area contributed by atoms with Gasteiger partial charge in [0.2, 0.25) is 0 Å². The molecule has 0 fully saturated rings. The predicted molar refractivity (Wildman–Crippen MR) is 118 cm³/mol. The first-order chi connectivity index (χ1) is 15.5. The Labute approximate surface area is 184 Å². The molecule has 3 aromatic carbocycles. The zero-order valence-electron chi connectivity index (χ0n) is 17.5. The van der Waals surface area contributed by atoms with Gasteiger partial charge in [-0.05, 0) is 37.3 Å². The lowest BCUT2D eigenvalue weighted by atomic mass is 10.0. The van der Waals surface area contributed by atoms with Crippen LogP contribution in [0.1, 0.15) is 12.5 Å². The zero-order valence-corrected chi connectivity index (χ0v) is 17.5. The number of para-hydroxylation sites is 2. The predicted octanol–water partition coefficient (Wildman–Crippen LogP) is 4.78. The van der Waals surface area contributed by atoms with Gasteiger partial charge in [0, 0.05) is 23.9 Å². The second-order valence-electron chi connectivity index (χ2n) is 7.05. The van der Waals surface area contributed by atoms with Gasteiger partial charge >= 0.3 is 0 Å². The first-order valence-corrected chi connectivity index (χ1v) is 10.0. The van der Waals surface area contributed by atoms with Gasteiger partial charge in [-0.3, -0.25) is 9.59 Å². The summed E-state index contributed by atoms with van der Waals surface area (Å²) in [5, 5.41) is 0. The molecular weight excluding hydrogens is 414 g/mol. The third kappa shape index (κ3) is 3.51. The van der Waals surface area contributed by atoms with Crippen LogP contribution in [0.15, 0.2) is 78.5 Å². The topological polar surface area (TPSA) is 49.9 Å². The maximum absolute atomic E-state index is 14.6. The Morgan fingerprint density at radius 3 is 2.25 bits per heavy atom. The van der Waals surface area contributed by atoms with Crippen molar-refractivity contribution in [1.82, 2.24) is 0 Å². The number of imide groups is 1. The Morgan fingerprint density at radius 1 is 0.906 bits per heavy atom. The molecule has 0 bridgehead atoms. The van der Waals surface area contributed by atoms with Crippen LogP contribution < -0.4 is 14.5 Å². The van der Waals surface area contributed by atoms with E-state index in [2.05, 4.69) is 0 Å². The average molecular weight is 434 g/mol. The summed E-state index contributed by atoms with van der Waals surface area (Å²) in [4.78, 5) is 29.6. The summed E-state index contributed by atoms with van der Waals surface area (Å²) >= 11 is 0. The van der Waals surface area contributed by atoms with Crippen molar-refractivity contribution in [2.24, 2.45) is 0 Å². The van der Waals surface area contributed by atoms with Crippen molar-refractivity contribution in [3.05, 3.63) is 95.7 Å². The van der Waals surface area contributed by atoms with Gasteiger partial charge in [-0.1, -0.05) is 36.4 Å². The maximum atomic E-state index is 14.6. The molecule has 7 heteroatoms. The SMILES string of the molecule is CCN(C1=C(c2ccccc2OC)C(=O)N(c2ccc(F)cc2F)C1=O)c1ccccc1. The van der Waals surface area contributed by atoms with E-state index in [9.17, 15) is 18.4 Å².